The molecule has 0 saturated carbocycles. The summed E-state index contributed by atoms with van der Waals surface area (Å²) in [5.74, 6) is -0.968. The van der Waals surface area contributed by atoms with E-state index in [9.17, 15) is 10.1 Å². The highest BCUT2D eigenvalue weighted by Gasteiger charge is 2.24. The number of carbonyl (C=O) groups is 1. The SMILES string of the molecule is C=CCN1CCN(C(C#N)c2cccc(C(=O)O)c2)CC1. The van der Waals surface area contributed by atoms with Crippen LogP contribution in [0.3, 0.4) is 0 Å². The van der Waals surface area contributed by atoms with Gasteiger partial charge >= 0.3 is 5.97 Å². The molecule has 0 radical (unpaired) electrons. The van der Waals surface area contributed by atoms with E-state index in [1.54, 1.807) is 18.2 Å². The lowest BCUT2D eigenvalue weighted by molar-refractivity contribution is 0.0696. The summed E-state index contributed by atoms with van der Waals surface area (Å²) in [6, 6.07) is 8.54. The van der Waals surface area contributed by atoms with Crippen LogP contribution in [0.2, 0.25) is 0 Å². The number of benzene rings is 1. The van der Waals surface area contributed by atoms with E-state index in [2.05, 4.69) is 22.4 Å². The Morgan fingerprint density at radius 3 is 2.71 bits per heavy atom. The third-order valence-corrected chi connectivity index (χ3v) is 3.73. The molecule has 2 rings (SSSR count). The van der Waals surface area contributed by atoms with Crippen molar-refractivity contribution in [2.75, 3.05) is 32.7 Å². The van der Waals surface area contributed by atoms with Crippen molar-refractivity contribution in [1.29, 1.82) is 5.26 Å². The molecular weight excluding hydrogens is 266 g/mol. The lowest BCUT2D eigenvalue weighted by atomic mass is 10.0. The number of hydrogen-bond acceptors (Lipinski definition) is 4. The minimum absolute atomic E-state index is 0.220. The highest BCUT2D eigenvalue weighted by molar-refractivity contribution is 5.87. The molecule has 1 fully saturated rings. The van der Waals surface area contributed by atoms with Crippen molar-refractivity contribution < 1.29 is 9.90 Å². The molecule has 1 aromatic carbocycles. The molecule has 0 aromatic heterocycles. The molecule has 1 heterocycles. The molecule has 0 aliphatic carbocycles. The largest absolute Gasteiger partial charge is 0.478 e. The van der Waals surface area contributed by atoms with Crippen LogP contribution >= 0.6 is 0 Å². The van der Waals surface area contributed by atoms with Crippen LogP contribution in [-0.2, 0) is 0 Å². The van der Waals surface area contributed by atoms with Crippen LogP contribution in [0.25, 0.3) is 0 Å². The van der Waals surface area contributed by atoms with Crippen molar-refractivity contribution in [1.82, 2.24) is 9.80 Å². The molecule has 5 nitrogen and oxygen atoms in total. The number of carboxylic acid groups (broad SMARTS) is 1. The Morgan fingerprint density at radius 1 is 1.43 bits per heavy atom. The Hall–Kier alpha value is -2.16. The number of piperazine rings is 1. The summed E-state index contributed by atoms with van der Waals surface area (Å²) in [6.45, 7) is 7.97. The first-order valence-corrected chi connectivity index (χ1v) is 6.96. The van der Waals surface area contributed by atoms with Crippen molar-refractivity contribution >= 4 is 5.97 Å². The first-order chi connectivity index (χ1) is 10.2. The van der Waals surface area contributed by atoms with Crippen molar-refractivity contribution in [3.05, 3.63) is 48.0 Å². The third kappa shape index (κ3) is 3.69. The lowest BCUT2D eigenvalue weighted by Crippen LogP contribution is -2.47. The fourth-order valence-electron chi connectivity index (χ4n) is 2.60. The molecule has 0 amide bonds. The number of nitriles is 1. The Kier molecular flexibility index (Phi) is 5.09. The maximum absolute atomic E-state index is 11.0. The minimum atomic E-state index is -0.968. The number of hydrogen-bond donors (Lipinski definition) is 1. The standard InChI is InChI=1S/C16H19N3O2/c1-2-6-18-7-9-19(10-8-18)15(12-17)13-4-3-5-14(11-13)16(20)21/h2-5,11,15H,1,6-10H2,(H,20,21). The van der Waals surface area contributed by atoms with Crippen molar-refractivity contribution in [3.8, 4) is 6.07 Å². The van der Waals surface area contributed by atoms with Crippen LogP contribution in [0.4, 0.5) is 0 Å². The van der Waals surface area contributed by atoms with E-state index in [1.165, 1.54) is 0 Å². The van der Waals surface area contributed by atoms with Crippen LogP contribution in [-0.4, -0.2) is 53.6 Å². The van der Waals surface area contributed by atoms with E-state index in [4.69, 9.17) is 5.11 Å². The van der Waals surface area contributed by atoms with Gasteiger partial charge < -0.3 is 5.11 Å². The lowest BCUT2D eigenvalue weighted by Gasteiger charge is -2.36. The zero-order chi connectivity index (χ0) is 15.2. The minimum Gasteiger partial charge on any atom is -0.478 e. The summed E-state index contributed by atoms with van der Waals surface area (Å²) < 4.78 is 0. The molecule has 5 heteroatoms. The highest BCUT2D eigenvalue weighted by Crippen LogP contribution is 2.22. The summed E-state index contributed by atoms with van der Waals surface area (Å²) in [5.41, 5.74) is 0.965. The quantitative estimate of drug-likeness (QED) is 0.835. The molecule has 1 aliphatic rings. The first kappa shape index (κ1) is 15.2. The third-order valence-electron chi connectivity index (χ3n) is 3.73. The molecule has 0 bridgehead atoms. The Labute approximate surface area is 124 Å². The van der Waals surface area contributed by atoms with E-state index in [1.807, 2.05) is 12.1 Å². The van der Waals surface area contributed by atoms with Crippen molar-refractivity contribution in [2.24, 2.45) is 0 Å². The average molecular weight is 285 g/mol. The molecular formula is C16H19N3O2. The van der Waals surface area contributed by atoms with Gasteiger partial charge in [-0.05, 0) is 17.7 Å². The first-order valence-electron chi connectivity index (χ1n) is 6.96. The summed E-state index contributed by atoms with van der Waals surface area (Å²) in [7, 11) is 0. The van der Waals surface area contributed by atoms with E-state index >= 15 is 0 Å². The molecule has 1 atom stereocenters. The maximum atomic E-state index is 11.0. The van der Waals surface area contributed by atoms with Crippen LogP contribution in [0.1, 0.15) is 22.0 Å². The predicted molar refractivity (Wildman–Crippen MR) is 80.0 cm³/mol. The Morgan fingerprint density at radius 2 is 2.14 bits per heavy atom. The van der Waals surface area contributed by atoms with Crippen molar-refractivity contribution in [2.45, 2.75) is 6.04 Å². The monoisotopic (exact) mass is 285 g/mol. The predicted octanol–water partition coefficient (Wildman–Crippen LogP) is 1.75. The van der Waals surface area contributed by atoms with Gasteiger partial charge in [0.1, 0.15) is 6.04 Å². The highest BCUT2D eigenvalue weighted by atomic mass is 16.4. The maximum Gasteiger partial charge on any atom is 0.335 e. The summed E-state index contributed by atoms with van der Waals surface area (Å²) in [4.78, 5) is 15.4. The van der Waals surface area contributed by atoms with Gasteiger partial charge in [0.05, 0.1) is 11.6 Å². The summed E-state index contributed by atoms with van der Waals surface area (Å²) >= 11 is 0. The topological polar surface area (TPSA) is 67.6 Å². The number of nitrogens with zero attached hydrogens (tertiary/aromatic N) is 3. The number of aromatic carboxylic acids is 1. The van der Waals surface area contributed by atoms with Crippen molar-refractivity contribution in [3.63, 3.8) is 0 Å². The summed E-state index contributed by atoms with van der Waals surface area (Å²) in [6.07, 6.45) is 1.88. The van der Waals surface area contributed by atoms with E-state index in [0.29, 0.717) is 0 Å². The van der Waals surface area contributed by atoms with Gasteiger partial charge in [0.15, 0.2) is 0 Å². The molecule has 110 valence electrons. The van der Waals surface area contributed by atoms with Gasteiger partial charge in [-0.2, -0.15) is 5.26 Å². The van der Waals surface area contributed by atoms with Gasteiger partial charge in [0.25, 0.3) is 0 Å². The zero-order valence-electron chi connectivity index (χ0n) is 11.9. The van der Waals surface area contributed by atoms with Crippen LogP contribution in [0, 0.1) is 11.3 Å². The number of carboxylic acids is 1. The second kappa shape index (κ2) is 7.02. The molecule has 1 aromatic rings. The smallest absolute Gasteiger partial charge is 0.335 e. The zero-order valence-corrected chi connectivity index (χ0v) is 11.9. The summed E-state index contributed by atoms with van der Waals surface area (Å²) in [5, 5.41) is 18.5. The van der Waals surface area contributed by atoms with Gasteiger partial charge in [-0.3, -0.25) is 9.80 Å². The second-order valence-electron chi connectivity index (χ2n) is 5.09. The van der Waals surface area contributed by atoms with Gasteiger partial charge in [-0.15, -0.1) is 6.58 Å². The van der Waals surface area contributed by atoms with Crippen LogP contribution in [0.5, 0.6) is 0 Å². The second-order valence-corrected chi connectivity index (χ2v) is 5.09. The van der Waals surface area contributed by atoms with Gasteiger partial charge in [-0.1, -0.05) is 18.2 Å². The van der Waals surface area contributed by atoms with Gasteiger partial charge in [0.2, 0.25) is 0 Å². The average Bonchev–Trinajstić information content (AvgIpc) is 2.50. The fourth-order valence-corrected chi connectivity index (χ4v) is 2.60. The molecule has 1 aliphatic heterocycles. The van der Waals surface area contributed by atoms with Gasteiger partial charge in [0, 0.05) is 32.7 Å². The Bertz CT molecular complexity index is 557. The molecule has 21 heavy (non-hydrogen) atoms. The molecule has 1 saturated heterocycles. The van der Waals surface area contributed by atoms with E-state index in [0.717, 1.165) is 38.3 Å². The molecule has 0 spiro atoms. The normalized spacial score (nSPS) is 17.9. The van der Waals surface area contributed by atoms with Crippen LogP contribution in [0.15, 0.2) is 36.9 Å². The molecule has 1 N–H and O–H groups in total. The van der Waals surface area contributed by atoms with E-state index < -0.39 is 12.0 Å². The molecule has 1 unspecified atom stereocenters. The Balaban J connectivity index is 2.10. The number of rotatable bonds is 5. The fraction of sp³-hybridized carbons (Fsp3) is 0.375. The van der Waals surface area contributed by atoms with Gasteiger partial charge in [-0.25, -0.2) is 4.79 Å². The van der Waals surface area contributed by atoms with Crippen LogP contribution < -0.4 is 0 Å². The van der Waals surface area contributed by atoms with E-state index in [-0.39, 0.29) is 5.56 Å².